The number of benzene rings is 2. The van der Waals surface area contributed by atoms with Gasteiger partial charge in [-0.1, -0.05) is 57.2 Å². The van der Waals surface area contributed by atoms with Crippen molar-refractivity contribution in [3.63, 3.8) is 0 Å². The van der Waals surface area contributed by atoms with Gasteiger partial charge in [0.15, 0.2) is 17.4 Å². The van der Waals surface area contributed by atoms with Crippen LogP contribution in [0.25, 0.3) is 0 Å². The Morgan fingerprint density at radius 3 is 2.41 bits per heavy atom. The summed E-state index contributed by atoms with van der Waals surface area (Å²) in [7, 11) is 0. The zero-order chi connectivity index (χ0) is 22.7. The predicted octanol–water partition coefficient (Wildman–Crippen LogP) is 5.42. The number of aromatic nitrogens is 2. The van der Waals surface area contributed by atoms with Gasteiger partial charge in [-0.2, -0.15) is 8.75 Å². The number of aromatic hydroxyl groups is 1. The van der Waals surface area contributed by atoms with Crippen LogP contribution in [-0.2, 0) is 0 Å². The third-order valence-electron chi connectivity index (χ3n) is 5.68. The highest BCUT2D eigenvalue weighted by atomic mass is 32.1. The Kier molecular flexibility index (Phi) is 6.32. The first kappa shape index (κ1) is 22.1. The molecule has 1 amide bonds. The van der Waals surface area contributed by atoms with Crippen molar-refractivity contribution >= 4 is 35.0 Å². The molecule has 32 heavy (non-hydrogen) atoms. The summed E-state index contributed by atoms with van der Waals surface area (Å²) in [4.78, 5) is 14.6. The standard InChI is InChI=1S/C24H29N5O2S/c1-24(2,3)20(16-10-5-4-6-11-16)26-22-21(27-32-28-22)25-18-13-9-12-17(19(18)30)23(31)29-14-7-8-15-29/h4-6,9-13,20,30H,7-8,14-15H2,1-3H3,(H,25,27)(H,26,28). The van der Waals surface area contributed by atoms with Crippen LogP contribution in [0.1, 0.15) is 55.6 Å². The second kappa shape index (κ2) is 9.16. The number of anilines is 3. The molecule has 1 saturated heterocycles. The Hall–Kier alpha value is -3.13. The number of likely N-dealkylation sites (tertiary alicyclic amines) is 1. The number of para-hydroxylation sites is 1. The summed E-state index contributed by atoms with van der Waals surface area (Å²) in [5.74, 6) is 0.907. The maximum atomic E-state index is 12.8. The fourth-order valence-electron chi connectivity index (χ4n) is 3.98. The minimum atomic E-state index is -0.143. The topological polar surface area (TPSA) is 90.4 Å². The first-order valence-electron chi connectivity index (χ1n) is 10.9. The second-order valence-corrected chi connectivity index (χ2v) is 9.67. The molecule has 1 fully saturated rings. The average Bonchev–Trinajstić information content (AvgIpc) is 3.45. The molecule has 1 aliphatic rings. The Balaban J connectivity index is 1.58. The molecule has 0 saturated carbocycles. The van der Waals surface area contributed by atoms with Crippen molar-refractivity contribution in [3.8, 4) is 5.75 Å². The van der Waals surface area contributed by atoms with E-state index in [1.165, 1.54) is 0 Å². The summed E-state index contributed by atoms with van der Waals surface area (Å²) >= 11 is 1.09. The molecule has 168 valence electrons. The summed E-state index contributed by atoms with van der Waals surface area (Å²) in [6.07, 6.45) is 2.00. The number of nitrogens with zero attached hydrogens (tertiary/aromatic N) is 3. The highest BCUT2D eigenvalue weighted by Crippen LogP contribution is 2.38. The minimum Gasteiger partial charge on any atom is -0.505 e. The molecule has 0 bridgehead atoms. The summed E-state index contributed by atoms with van der Waals surface area (Å²) in [5.41, 5.74) is 1.80. The molecule has 7 nitrogen and oxygen atoms in total. The lowest BCUT2D eigenvalue weighted by Gasteiger charge is -2.32. The van der Waals surface area contributed by atoms with Crippen LogP contribution in [0.15, 0.2) is 48.5 Å². The summed E-state index contributed by atoms with van der Waals surface area (Å²) < 4.78 is 8.83. The van der Waals surface area contributed by atoms with Gasteiger partial charge < -0.3 is 20.6 Å². The van der Waals surface area contributed by atoms with E-state index in [9.17, 15) is 9.90 Å². The number of hydrogen-bond acceptors (Lipinski definition) is 7. The van der Waals surface area contributed by atoms with Gasteiger partial charge in [-0.05, 0) is 36.0 Å². The van der Waals surface area contributed by atoms with Crippen LogP contribution in [0.5, 0.6) is 5.75 Å². The fourth-order valence-corrected chi connectivity index (χ4v) is 4.46. The quantitative estimate of drug-likeness (QED) is 0.434. The van der Waals surface area contributed by atoms with Gasteiger partial charge in [0, 0.05) is 13.1 Å². The third-order valence-corrected chi connectivity index (χ3v) is 6.21. The molecule has 2 heterocycles. The summed E-state index contributed by atoms with van der Waals surface area (Å²) in [6.45, 7) is 7.97. The highest BCUT2D eigenvalue weighted by molar-refractivity contribution is 6.99. The van der Waals surface area contributed by atoms with Gasteiger partial charge in [0.05, 0.1) is 29.0 Å². The van der Waals surface area contributed by atoms with E-state index in [-0.39, 0.29) is 23.1 Å². The van der Waals surface area contributed by atoms with Gasteiger partial charge in [-0.15, -0.1) is 0 Å². The van der Waals surface area contributed by atoms with Crippen LogP contribution in [0, 0.1) is 5.41 Å². The molecular weight excluding hydrogens is 422 g/mol. The van der Waals surface area contributed by atoms with Gasteiger partial charge in [0.25, 0.3) is 5.91 Å². The van der Waals surface area contributed by atoms with Crippen molar-refractivity contribution in [1.29, 1.82) is 0 Å². The molecule has 1 unspecified atom stereocenters. The zero-order valence-corrected chi connectivity index (χ0v) is 19.4. The van der Waals surface area contributed by atoms with E-state index < -0.39 is 0 Å². The first-order valence-corrected chi connectivity index (χ1v) is 11.6. The number of carbonyl (C=O) groups excluding carboxylic acids is 1. The highest BCUT2D eigenvalue weighted by Gasteiger charge is 2.28. The SMILES string of the molecule is CC(C)(C)C(Nc1nsnc1Nc1cccc(C(=O)N2CCCC2)c1O)c1ccccc1. The van der Waals surface area contributed by atoms with E-state index in [2.05, 4.69) is 52.3 Å². The van der Waals surface area contributed by atoms with E-state index in [0.29, 0.717) is 22.9 Å². The zero-order valence-electron chi connectivity index (χ0n) is 18.6. The van der Waals surface area contributed by atoms with Crippen molar-refractivity contribution in [2.24, 2.45) is 5.41 Å². The van der Waals surface area contributed by atoms with Gasteiger partial charge >= 0.3 is 0 Å². The van der Waals surface area contributed by atoms with E-state index in [0.717, 1.165) is 43.2 Å². The molecule has 0 radical (unpaired) electrons. The van der Waals surface area contributed by atoms with Crippen LogP contribution in [0.2, 0.25) is 0 Å². The van der Waals surface area contributed by atoms with E-state index >= 15 is 0 Å². The molecule has 1 atom stereocenters. The van der Waals surface area contributed by atoms with E-state index in [4.69, 9.17) is 0 Å². The minimum absolute atomic E-state index is 0.00447. The second-order valence-electron chi connectivity index (χ2n) is 9.14. The van der Waals surface area contributed by atoms with Crippen molar-refractivity contribution in [3.05, 3.63) is 59.7 Å². The van der Waals surface area contributed by atoms with Crippen molar-refractivity contribution in [1.82, 2.24) is 13.6 Å². The number of nitrogens with one attached hydrogen (secondary N) is 2. The Morgan fingerprint density at radius 1 is 1.03 bits per heavy atom. The predicted molar refractivity (Wildman–Crippen MR) is 129 cm³/mol. The molecule has 1 aromatic heterocycles. The molecular formula is C24H29N5O2S. The Bertz CT molecular complexity index is 1070. The van der Waals surface area contributed by atoms with Gasteiger partial charge in [0.1, 0.15) is 0 Å². The van der Waals surface area contributed by atoms with E-state index in [1.807, 2.05) is 18.2 Å². The van der Waals surface area contributed by atoms with Gasteiger partial charge in [-0.3, -0.25) is 4.79 Å². The molecule has 0 aliphatic carbocycles. The molecule has 1 aliphatic heterocycles. The maximum Gasteiger partial charge on any atom is 0.257 e. The van der Waals surface area contributed by atoms with Gasteiger partial charge in [0.2, 0.25) is 0 Å². The monoisotopic (exact) mass is 451 g/mol. The number of phenols is 1. The van der Waals surface area contributed by atoms with Crippen molar-refractivity contribution < 1.29 is 9.90 Å². The van der Waals surface area contributed by atoms with Crippen molar-refractivity contribution in [2.75, 3.05) is 23.7 Å². The molecule has 4 rings (SSSR count). The number of amides is 1. The maximum absolute atomic E-state index is 12.8. The largest absolute Gasteiger partial charge is 0.505 e. The summed E-state index contributed by atoms with van der Waals surface area (Å²) in [5, 5.41) is 17.5. The van der Waals surface area contributed by atoms with Crippen LogP contribution in [0.4, 0.5) is 17.3 Å². The summed E-state index contributed by atoms with van der Waals surface area (Å²) in [6, 6.07) is 15.4. The molecule has 3 N–H and O–H groups in total. The molecule has 8 heteroatoms. The van der Waals surface area contributed by atoms with Crippen LogP contribution in [-0.4, -0.2) is 37.8 Å². The van der Waals surface area contributed by atoms with Crippen LogP contribution < -0.4 is 10.6 Å². The molecule has 0 spiro atoms. The number of rotatable bonds is 6. The van der Waals surface area contributed by atoms with Gasteiger partial charge in [-0.25, -0.2) is 0 Å². The lowest BCUT2D eigenvalue weighted by Crippen LogP contribution is -2.27. The normalized spacial score (nSPS) is 14.9. The van der Waals surface area contributed by atoms with E-state index in [1.54, 1.807) is 23.1 Å². The Labute approximate surface area is 192 Å². The smallest absolute Gasteiger partial charge is 0.257 e. The fraction of sp³-hybridized carbons (Fsp3) is 0.375. The third kappa shape index (κ3) is 4.70. The number of phenolic OH excluding ortho intramolecular Hbond substituents is 1. The lowest BCUT2D eigenvalue weighted by molar-refractivity contribution is 0.0790. The Morgan fingerprint density at radius 2 is 1.72 bits per heavy atom. The molecule has 2 aromatic carbocycles. The number of hydrogen-bond donors (Lipinski definition) is 3. The van der Waals surface area contributed by atoms with Crippen LogP contribution >= 0.6 is 11.7 Å². The van der Waals surface area contributed by atoms with Crippen molar-refractivity contribution in [2.45, 2.75) is 39.7 Å². The molecule has 3 aromatic rings. The number of carbonyl (C=O) groups is 1. The average molecular weight is 452 g/mol. The van der Waals surface area contributed by atoms with Crippen LogP contribution in [0.3, 0.4) is 0 Å². The lowest BCUT2D eigenvalue weighted by atomic mass is 9.82. The first-order chi connectivity index (χ1) is 15.3.